The molecule has 0 spiro atoms. The second kappa shape index (κ2) is 4.36. The van der Waals surface area contributed by atoms with E-state index in [1.165, 1.54) is 0 Å². The number of benzene rings is 1. The highest BCUT2D eigenvalue weighted by Crippen LogP contribution is 2.25. The predicted octanol–water partition coefficient (Wildman–Crippen LogP) is 2.82. The van der Waals surface area contributed by atoms with Crippen molar-refractivity contribution in [2.24, 2.45) is 0 Å². The lowest BCUT2D eigenvalue weighted by Gasteiger charge is -2.07. The van der Waals surface area contributed by atoms with E-state index < -0.39 is 0 Å². The van der Waals surface area contributed by atoms with Crippen LogP contribution >= 0.6 is 15.9 Å². The number of ether oxygens (including phenoxy) is 1. The average Bonchev–Trinajstić information content (AvgIpc) is 2.07. The molecule has 0 unspecified atom stereocenters. The Hall–Kier alpha value is -0.700. The fraction of sp³-hybridized carbons (Fsp3) is 0.333. The number of hydrogen-bond donors (Lipinski definition) is 1. The van der Waals surface area contributed by atoms with Crippen LogP contribution in [0.4, 0.5) is 5.69 Å². The lowest BCUT2D eigenvalue weighted by molar-refractivity contribution is 0.319. The summed E-state index contributed by atoms with van der Waals surface area (Å²) < 4.78 is 6.40. The van der Waals surface area contributed by atoms with Gasteiger partial charge >= 0.3 is 0 Å². The second-order valence-electron chi connectivity index (χ2n) is 2.53. The Morgan fingerprint density at radius 1 is 1.50 bits per heavy atom. The first kappa shape index (κ1) is 9.39. The van der Waals surface area contributed by atoms with Crippen LogP contribution < -0.4 is 10.5 Å². The summed E-state index contributed by atoms with van der Waals surface area (Å²) in [7, 11) is 0. The molecule has 12 heavy (non-hydrogen) atoms. The zero-order chi connectivity index (χ0) is 8.97. The van der Waals surface area contributed by atoms with Crippen LogP contribution in [0, 0.1) is 0 Å². The van der Waals surface area contributed by atoms with Gasteiger partial charge < -0.3 is 10.5 Å². The SMILES string of the molecule is CCCOc1cc(Br)ccc1N. The smallest absolute Gasteiger partial charge is 0.143 e. The molecule has 0 heterocycles. The fourth-order valence-electron chi connectivity index (χ4n) is 0.845. The molecule has 3 heteroatoms. The van der Waals surface area contributed by atoms with Crippen LogP contribution in [0.5, 0.6) is 5.75 Å². The fourth-order valence-corrected chi connectivity index (χ4v) is 1.19. The first-order chi connectivity index (χ1) is 5.74. The van der Waals surface area contributed by atoms with Crippen molar-refractivity contribution in [2.75, 3.05) is 12.3 Å². The first-order valence-corrected chi connectivity index (χ1v) is 4.71. The van der Waals surface area contributed by atoms with E-state index in [1.807, 2.05) is 18.2 Å². The van der Waals surface area contributed by atoms with Gasteiger partial charge in [0, 0.05) is 4.47 Å². The van der Waals surface area contributed by atoms with E-state index in [1.54, 1.807) is 0 Å². The Bertz CT molecular complexity index is 263. The number of rotatable bonds is 3. The normalized spacial score (nSPS) is 9.83. The van der Waals surface area contributed by atoms with Gasteiger partial charge in [0.1, 0.15) is 5.75 Å². The molecule has 1 rings (SSSR count). The van der Waals surface area contributed by atoms with E-state index in [9.17, 15) is 0 Å². The first-order valence-electron chi connectivity index (χ1n) is 3.92. The highest BCUT2D eigenvalue weighted by molar-refractivity contribution is 9.10. The van der Waals surface area contributed by atoms with E-state index in [0.717, 1.165) is 16.6 Å². The number of hydrogen-bond acceptors (Lipinski definition) is 2. The quantitative estimate of drug-likeness (QED) is 0.810. The van der Waals surface area contributed by atoms with E-state index in [0.29, 0.717) is 12.3 Å². The Morgan fingerprint density at radius 2 is 2.25 bits per heavy atom. The van der Waals surface area contributed by atoms with Crippen LogP contribution in [0.2, 0.25) is 0 Å². The van der Waals surface area contributed by atoms with Gasteiger partial charge in [0.2, 0.25) is 0 Å². The highest BCUT2D eigenvalue weighted by Gasteiger charge is 1.99. The van der Waals surface area contributed by atoms with Gasteiger partial charge in [-0.05, 0) is 24.6 Å². The molecule has 0 aromatic heterocycles. The summed E-state index contributed by atoms with van der Waals surface area (Å²) in [5.74, 6) is 0.756. The standard InChI is InChI=1S/C9H12BrNO/c1-2-5-12-9-6-7(10)3-4-8(9)11/h3-4,6H,2,5,11H2,1H3. The summed E-state index contributed by atoms with van der Waals surface area (Å²) in [6.45, 7) is 2.77. The van der Waals surface area contributed by atoms with Crippen molar-refractivity contribution in [3.63, 3.8) is 0 Å². The van der Waals surface area contributed by atoms with Crippen LogP contribution in [-0.2, 0) is 0 Å². The van der Waals surface area contributed by atoms with E-state index in [2.05, 4.69) is 22.9 Å². The molecule has 0 amide bonds. The Kier molecular flexibility index (Phi) is 3.41. The van der Waals surface area contributed by atoms with Crippen molar-refractivity contribution in [2.45, 2.75) is 13.3 Å². The zero-order valence-electron chi connectivity index (χ0n) is 7.01. The lowest BCUT2D eigenvalue weighted by Crippen LogP contribution is -1.98. The van der Waals surface area contributed by atoms with Crippen molar-refractivity contribution in [3.05, 3.63) is 22.7 Å². The molecule has 0 aliphatic carbocycles. The summed E-state index contributed by atoms with van der Waals surface area (Å²) >= 11 is 3.35. The van der Waals surface area contributed by atoms with Crippen LogP contribution in [-0.4, -0.2) is 6.61 Å². The molecule has 1 aromatic rings. The molecule has 0 saturated heterocycles. The van der Waals surface area contributed by atoms with Crippen LogP contribution in [0.15, 0.2) is 22.7 Å². The van der Waals surface area contributed by atoms with Gasteiger partial charge in [0.05, 0.1) is 12.3 Å². The van der Waals surface area contributed by atoms with Gasteiger partial charge in [-0.1, -0.05) is 22.9 Å². The molecule has 2 nitrogen and oxygen atoms in total. The third-order valence-corrected chi connectivity index (χ3v) is 1.93. The monoisotopic (exact) mass is 229 g/mol. The molecule has 0 fully saturated rings. The molecule has 0 saturated carbocycles. The van der Waals surface area contributed by atoms with Crippen LogP contribution in [0.3, 0.4) is 0 Å². The van der Waals surface area contributed by atoms with Crippen molar-refractivity contribution in [3.8, 4) is 5.75 Å². The van der Waals surface area contributed by atoms with Gasteiger partial charge in [-0.25, -0.2) is 0 Å². The maximum absolute atomic E-state index is 5.68. The minimum absolute atomic E-state index is 0.687. The molecule has 0 aliphatic rings. The lowest BCUT2D eigenvalue weighted by atomic mass is 10.3. The Balaban J connectivity index is 2.75. The maximum atomic E-state index is 5.68. The summed E-state index contributed by atoms with van der Waals surface area (Å²) in [6, 6.07) is 5.61. The Labute approximate surface area is 80.8 Å². The van der Waals surface area contributed by atoms with Crippen molar-refractivity contribution >= 4 is 21.6 Å². The van der Waals surface area contributed by atoms with E-state index in [-0.39, 0.29) is 0 Å². The van der Waals surface area contributed by atoms with Gasteiger partial charge in [-0.15, -0.1) is 0 Å². The predicted molar refractivity (Wildman–Crippen MR) is 54.3 cm³/mol. The summed E-state index contributed by atoms with van der Waals surface area (Å²) in [5, 5.41) is 0. The highest BCUT2D eigenvalue weighted by atomic mass is 79.9. The number of anilines is 1. The summed E-state index contributed by atoms with van der Waals surface area (Å²) in [4.78, 5) is 0. The average molecular weight is 230 g/mol. The second-order valence-corrected chi connectivity index (χ2v) is 3.45. The third-order valence-electron chi connectivity index (χ3n) is 1.44. The van der Waals surface area contributed by atoms with Gasteiger partial charge in [-0.3, -0.25) is 0 Å². The molecule has 66 valence electrons. The molecule has 0 aliphatic heterocycles. The molecular weight excluding hydrogens is 218 g/mol. The van der Waals surface area contributed by atoms with E-state index >= 15 is 0 Å². The van der Waals surface area contributed by atoms with E-state index in [4.69, 9.17) is 10.5 Å². The third kappa shape index (κ3) is 2.41. The Morgan fingerprint density at radius 3 is 2.92 bits per heavy atom. The van der Waals surface area contributed by atoms with Crippen molar-refractivity contribution in [1.82, 2.24) is 0 Å². The number of halogens is 1. The summed E-state index contributed by atoms with van der Waals surface area (Å²) in [6.07, 6.45) is 0.992. The zero-order valence-corrected chi connectivity index (χ0v) is 8.60. The minimum Gasteiger partial charge on any atom is -0.491 e. The van der Waals surface area contributed by atoms with Crippen LogP contribution in [0.1, 0.15) is 13.3 Å². The number of nitrogen functional groups attached to an aromatic ring is 1. The van der Waals surface area contributed by atoms with Crippen molar-refractivity contribution in [1.29, 1.82) is 0 Å². The molecule has 2 N–H and O–H groups in total. The van der Waals surface area contributed by atoms with Gasteiger partial charge in [0.15, 0.2) is 0 Å². The maximum Gasteiger partial charge on any atom is 0.143 e. The minimum atomic E-state index is 0.687. The van der Waals surface area contributed by atoms with Gasteiger partial charge in [-0.2, -0.15) is 0 Å². The molecular formula is C9H12BrNO. The molecule has 1 aromatic carbocycles. The van der Waals surface area contributed by atoms with Crippen LogP contribution in [0.25, 0.3) is 0 Å². The molecule has 0 radical (unpaired) electrons. The summed E-state index contributed by atoms with van der Waals surface area (Å²) in [5.41, 5.74) is 6.37. The van der Waals surface area contributed by atoms with Crippen molar-refractivity contribution < 1.29 is 4.74 Å². The van der Waals surface area contributed by atoms with Gasteiger partial charge in [0.25, 0.3) is 0 Å². The molecule has 0 atom stereocenters. The topological polar surface area (TPSA) is 35.2 Å². The largest absolute Gasteiger partial charge is 0.491 e. The number of nitrogens with two attached hydrogens (primary N) is 1. The molecule has 0 bridgehead atoms.